The van der Waals surface area contributed by atoms with E-state index < -0.39 is 11.9 Å². The zero-order chi connectivity index (χ0) is 16.8. The maximum atomic E-state index is 11.9. The molecule has 23 heavy (non-hydrogen) atoms. The molecule has 1 atom stereocenters. The number of imide groups is 1. The van der Waals surface area contributed by atoms with Crippen molar-refractivity contribution in [2.45, 2.75) is 52.1 Å². The Morgan fingerprint density at radius 2 is 2.04 bits per heavy atom. The van der Waals surface area contributed by atoms with Gasteiger partial charge in [-0.05, 0) is 25.8 Å². The van der Waals surface area contributed by atoms with E-state index in [1.165, 1.54) is 6.08 Å². The van der Waals surface area contributed by atoms with Crippen molar-refractivity contribution < 1.29 is 23.9 Å². The van der Waals surface area contributed by atoms with Crippen molar-refractivity contribution in [1.29, 1.82) is 0 Å². The maximum absolute atomic E-state index is 11.9. The molecular formula is C17H23NO5. The van der Waals surface area contributed by atoms with Crippen LogP contribution in [0, 0.1) is 0 Å². The fraction of sp³-hybridized carbons (Fsp3) is 0.588. The van der Waals surface area contributed by atoms with Crippen molar-refractivity contribution in [3.8, 4) is 0 Å². The summed E-state index contributed by atoms with van der Waals surface area (Å²) in [5.74, 6) is -1.30. The van der Waals surface area contributed by atoms with E-state index >= 15 is 0 Å². The third-order valence-corrected chi connectivity index (χ3v) is 3.84. The van der Waals surface area contributed by atoms with E-state index in [0.29, 0.717) is 24.2 Å². The molecule has 0 aromatic heterocycles. The van der Waals surface area contributed by atoms with Gasteiger partial charge in [0.05, 0.1) is 6.61 Å². The minimum Gasteiger partial charge on any atom is -0.459 e. The number of rotatable bonds is 9. The number of nitrogens with one attached hydrogen (secondary N) is 1. The molecule has 1 fully saturated rings. The number of hydrogen-bond acceptors (Lipinski definition) is 5. The molecule has 2 aliphatic heterocycles. The minimum atomic E-state index is -0.495. The van der Waals surface area contributed by atoms with Crippen LogP contribution in [0.3, 0.4) is 0 Å². The van der Waals surface area contributed by atoms with Crippen molar-refractivity contribution in [1.82, 2.24) is 5.32 Å². The topological polar surface area (TPSA) is 85.0 Å². The minimum absolute atomic E-state index is 0.00329. The van der Waals surface area contributed by atoms with Crippen LogP contribution in [-0.2, 0) is 23.9 Å². The maximum Gasteiger partial charge on any atom is 0.333 e. The Hall–Kier alpha value is -1.95. The number of carbonyl (C=O) groups excluding carboxylic acids is 3. The first-order valence-electron chi connectivity index (χ1n) is 8.08. The predicted molar refractivity (Wildman–Crippen MR) is 83.4 cm³/mol. The standard InChI is InChI=1S/C17H23NO5/c1-3-4-5-6-7-13-14(16(20)18-15(13)19)8-11(2)17(21)23-10-12-9-22-12/h8,12H,3-7,9-10H2,1-2H3,(H,18,19,20)/b11-8+. The molecule has 0 saturated carbocycles. The Bertz CT molecular complexity index is 557. The van der Waals surface area contributed by atoms with Crippen LogP contribution in [0.15, 0.2) is 22.8 Å². The number of esters is 1. The molecule has 0 bridgehead atoms. The summed E-state index contributed by atoms with van der Waals surface area (Å²) in [5, 5.41) is 2.29. The number of unbranched alkanes of at least 4 members (excludes halogenated alkanes) is 3. The van der Waals surface area contributed by atoms with Gasteiger partial charge in [0.1, 0.15) is 12.7 Å². The van der Waals surface area contributed by atoms with Crippen molar-refractivity contribution in [3.05, 3.63) is 22.8 Å². The lowest BCUT2D eigenvalue weighted by Gasteiger charge is -2.04. The Labute approximate surface area is 135 Å². The summed E-state index contributed by atoms with van der Waals surface area (Å²) in [6, 6.07) is 0. The summed E-state index contributed by atoms with van der Waals surface area (Å²) < 4.78 is 10.0. The lowest BCUT2D eigenvalue weighted by molar-refractivity contribution is -0.139. The molecule has 2 aliphatic rings. The SMILES string of the molecule is CCCCCCC1=C(/C=C(\C)C(=O)OCC2CO2)C(=O)NC1=O. The summed E-state index contributed by atoms with van der Waals surface area (Å²) in [4.78, 5) is 35.7. The lowest BCUT2D eigenvalue weighted by atomic mass is 10.0. The average molecular weight is 321 g/mol. The van der Waals surface area contributed by atoms with E-state index in [-0.39, 0.29) is 24.2 Å². The monoisotopic (exact) mass is 321 g/mol. The van der Waals surface area contributed by atoms with Gasteiger partial charge in [-0.3, -0.25) is 14.9 Å². The van der Waals surface area contributed by atoms with Gasteiger partial charge in [-0.25, -0.2) is 4.79 Å². The van der Waals surface area contributed by atoms with Gasteiger partial charge in [0.15, 0.2) is 0 Å². The first-order valence-corrected chi connectivity index (χ1v) is 8.08. The number of carbonyl (C=O) groups is 3. The lowest BCUT2D eigenvalue weighted by Crippen LogP contribution is -2.23. The van der Waals surface area contributed by atoms with E-state index in [1.807, 2.05) is 0 Å². The van der Waals surface area contributed by atoms with Crippen LogP contribution in [0.2, 0.25) is 0 Å². The highest BCUT2D eigenvalue weighted by molar-refractivity contribution is 6.21. The van der Waals surface area contributed by atoms with Gasteiger partial charge < -0.3 is 9.47 Å². The van der Waals surface area contributed by atoms with Crippen LogP contribution in [-0.4, -0.2) is 37.1 Å². The number of ether oxygens (including phenoxy) is 2. The van der Waals surface area contributed by atoms with Gasteiger partial charge in [-0.2, -0.15) is 0 Å². The summed E-state index contributed by atoms with van der Waals surface area (Å²) in [7, 11) is 0. The second-order valence-electron chi connectivity index (χ2n) is 5.87. The van der Waals surface area contributed by atoms with Gasteiger partial charge in [0.2, 0.25) is 0 Å². The highest BCUT2D eigenvalue weighted by Crippen LogP contribution is 2.22. The summed E-state index contributed by atoms with van der Waals surface area (Å²) >= 11 is 0. The molecule has 126 valence electrons. The largest absolute Gasteiger partial charge is 0.459 e. The molecule has 0 spiro atoms. The van der Waals surface area contributed by atoms with Crippen LogP contribution in [0.25, 0.3) is 0 Å². The quantitative estimate of drug-likeness (QED) is 0.230. The third-order valence-electron chi connectivity index (χ3n) is 3.84. The van der Waals surface area contributed by atoms with Crippen molar-refractivity contribution >= 4 is 17.8 Å². The third kappa shape index (κ3) is 5.03. The molecule has 6 nitrogen and oxygen atoms in total. The van der Waals surface area contributed by atoms with E-state index in [1.54, 1.807) is 6.92 Å². The van der Waals surface area contributed by atoms with E-state index in [0.717, 1.165) is 25.7 Å². The fourth-order valence-corrected chi connectivity index (χ4v) is 2.36. The Morgan fingerprint density at radius 1 is 1.30 bits per heavy atom. The van der Waals surface area contributed by atoms with E-state index in [4.69, 9.17) is 9.47 Å². The van der Waals surface area contributed by atoms with Crippen LogP contribution >= 0.6 is 0 Å². The van der Waals surface area contributed by atoms with Crippen molar-refractivity contribution in [2.75, 3.05) is 13.2 Å². The highest BCUT2D eigenvalue weighted by Gasteiger charge is 2.29. The molecular weight excluding hydrogens is 298 g/mol. The molecule has 1 N–H and O–H groups in total. The normalized spacial score (nSPS) is 20.8. The van der Waals surface area contributed by atoms with Gasteiger partial charge >= 0.3 is 5.97 Å². The van der Waals surface area contributed by atoms with Crippen LogP contribution < -0.4 is 5.32 Å². The second kappa shape index (κ2) is 8.06. The van der Waals surface area contributed by atoms with Crippen LogP contribution in [0.4, 0.5) is 0 Å². The van der Waals surface area contributed by atoms with Gasteiger partial charge in [0, 0.05) is 16.7 Å². The first kappa shape index (κ1) is 17.4. The molecule has 0 aliphatic carbocycles. The molecule has 2 amide bonds. The Morgan fingerprint density at radius 3 is 2.70 bits per heavy atom. The molecule has 1 unspecified atom stereocenters. The number of hydrogen-bond donors (Lipinski definition) is 1. The number of epoxide rings is 1. The summed E-state index contributed by atoms with van der Waals surface area (Å²) in [6.45, 7) is 4.52. The molecule has 0 aromatic rings. The first-order chi connectivity index (χ1) is 11.0. The molecule has 1 saturated heterocycles. The highest BCUT2D eigenvalue weighted by atomic mass is 16.6. The average Bonchev–Trinajstić information content (AvgIpc) is 3.30. The Balaban J connectivity index is 2.02. The second-order valence-corrected chi connectivity index (χ2v) is 5.87. The summed E-state index contributed by atoms with van der Waals surface area (Å²) in [5.41, 5.74) is 1.05. The number of amides is 2. The molecule has 6 heteroatoms. The van der Waals surface area contributed by atoms with Gasteiger partial charge in [-0.1, -0.05) is 26.2 Å². The van der Waals surface area contributed by atoms with E-state index in [9.17, 15) is 14.4 Å². The van der Waals surface area contributed by atoms with Crippen molar-refractivity contribution in [2.24, 2.45) is 0 Å². The predicted octanol–water partition coefficient (Wildman–Crippen LogP) is 1.80. The molecule has 2 rings (SSSR count). The van der Waals surface area contributed by atoms with Gasteiger partial charge in [0.25, 0.3) is 11.8 Å². The van der Waals surface area contributed by atoms with E-state index in [2.05, 4.69) is 12.2 Å². The Kier molecular flexibility index (Phi) is 6.10. The zero-order valence-electron chi connectivity index (χ0n) is 13.6. The van der Waals surface area contributed by atoms with Crippen LogP contribution in [0.1, 0.15) is 46.0 Å². The molecule has 0 radical (unpaired) electrons. The van der Waals surface area contributed by atoms with Gasteiger partial charge in [-0.15, -0.1) is 0 Å². The molecule has 0 aromatic carbocycles. The fourth-order valence-electron chi connectivity index (χ4n) is 2.36. The zero-order valence-corrected chi connectivity index (χ0v) is 13.6. The molecule has 2 heterocycles. The van der Waals surface area contributed by atoms with Crippen LogP contribution in [0.5, 0.6) is 0 Å². The smallest absolute Gasteiger partial charge is 0.333 e. The summed E-state index contributed by atoms with van der Waals surface area (Å²) in [6.07, 6.45) is 6.06. The van der Waals surface area contributed by atoms with Crippen molar-refractivity contribution in [3.63, 3.8) is 0 Å².